The zero-order valence-electron chi connectivity index (χ0n) is 17.8. The molecule has 0 spiro atoms. The highest BCUT2D eigenvalue weighted by molar-refractivity contribution is 5.79. The lowest BCUT2D eigenvalue weighted by Crippen LogP contribution is -2.53. The highest BCUT2D eigenvalue weighted by Crippen LogP contribution is 2.22. The maximum atomic E-state index is 12.2. The number of hydrogen-bond acceptors (Lipinski definition) is 5. The minimum atomic E-state index is -4.35. The lowest BCUT2D eigenvalue weighted by Gasteiger charge is -2.37. The summed E-state index contributed by atoms with van der Waals surface area (Å²) in [6, 6.07) is 6.88. The second kappa shape index (κ2) is 11.5. The molecule has 31 heavy (non-hydrogen) atoms. The number of rotatable bonds is 8. The molecule has 2 atom stereocenters. The molecule has 2 unspecified atom stereocenters. The van der Waals surface area contributed by atoms with Crippen LogP contribution in [-0.2, 0) is 16.0 Å². The van der Waals surface area contributed by atoms with E-state index >= 15 is 0 Å². The smallest absolute Gasteiger partial charge is 0.422 e. The topological polar surface area (TPSA) is 67.4 Å². The largest absolute Gasteiger partial charge is 0.484 e. The van der Waals surface area contributed by atoms with Crippen LogP contribution < -0.4 is 15.4 Å². The van der Waals surface area contributed by atoms with Crippen molar-refractivity contribution in [2.24, 2.45) is 10.9 Å². The molecule has 0 saturated carbocycles. The van der Waals surface area contributed by atoms with Crippen molar-refractivity contribution in [3.8, 4) is 5.75 Å². The molecule has 0 radical (unpaired) electrons. The molecule has 7 nitrogen and oxygen atoms in total. The van der Waals surface area contributed by atoms with Gasteiger partial charge in [-0.05, 0) is 24.1 Å². The standard InChI is InChI=1S/C21H31F3N4O3/c1-25-20(26-12-16-2-4-18(5-3-16)31-15-21(22,23)24)27-13-19(17-6-9-30-14-17)28-7-10-29-11-8-28/h2-5,17,19H,6-15H2,1H3,(H2,25,26,27). The normalized spacial score (nSPS) is 21.7. The lowest BCUT2D eigenvalue weighted by molar-refractivity contribution is -0.153. The number of ether oxygens (including phenoxy) is 3. The average Bonchev–Trinajstić information content (AvgIpc) is 3.30. The highest BCUT2D eigenvalue weighted by atomic mass is 19.4. The second-order valence-corrected chi connectivity index (χ2v) is 7.69. The molecule has 1 aromatic rings. The zero-order chi connectivity index (χ0) is 22.1. The average molecular weight is 444 g/mol. The molecule has 2 aliphatic heterocycles. The van der Waals surface area contributed by atoms with Crippen LogP contribution in [0.15, 0.2) is 29.3 Å². The number of hydrogen-bond donors (Lipinski definition) is 2. The summed E-state index contributed by atoms with van der Waals surface area (Å²) in [4.78, 5) is 6.75. The molecule has 2 aliphatic rings. The van der Waals surface area contributed by atoms with Gasteiger partial charge in [0.05, 0.1) is 19.8 Å². The minimum absolute atomic E-state index is 0.190. The Bertz CT molecular complexity index is 688. The molecule has 0 aliphatic carbocycles. The third-order valence-corrected chi connectivity index (χ3v) is 5.51. The Hall–Kier alpha value is -2.04. The SMILES string of the molecule is CN=C(NCc1ccc(OCC(F)(F)F)cc1)NCC(C1CCOC1)N1CCOCC1. The Kier molecular flexibility index (Phi) is 8.79. The zero-order valence-corrected chi connectivity index (χ0v) is 17.8. The molecule has 0 aromatic heterocycles. The van der Waals surface area contributed by atoms with Crippen LogP contribution in [0.25, 0.3) is 0 Å². The molecule has 2 N–H and O–H groups in total. The fourth-order valence-electron chi connectivity index (χ4n) is 3.84. The van der Waals surface area contributed by atoms with E-state index in [2.05, 4.69) is 20.5 Å². The fraction of sp³-hybridized carbons (Fsp3) is 0.667. The molecule has 2 fully saturated rings. The van der Waals surface area contributed by atoms with E-state index in [1.54, 1.807) is 19.2 Å². The van der Waals surface area contributed by atoms with Gasteiger partial charge in [-0.15, -0.1) is 0 Å². The lowest BCUT2D eigenvalue weighted by atomic mass is 9.97. The van der Waals surface area contributed by atoms with Gasteiger partial charge in [0, 0.05) is 51.8 Å². The number of nitrogens with zero attached hydrogens (tertiary/aromatic N) is 2. The van der Waals surface area contributed by atoms with Crippen molar-refractivity contribution in [2.45, 2.75) is 25.2 Å². The number of benzene rings is 1. The quantitative estimate of drug-likeness (QED) is 0.473. The molecule has 3 rings (SSSR count). The Balaban J connectivity index is 1.47. The van der Waals surface area contributed by atoms with Crippen LogP contribution in [0.2, 0.25) is 0 Å². The van der Waals surface area contributed by atoms with Gasteiger partial charge < -0.3 is 24.8 Å². The van der Waals surface area contributed by atoms with Gasteiger partial charge in [-0.1, -0.05) is 12.1 Å². The Morgan fingerprint density at radius 1 is 1.16 bits per heavy atom. The van der Waals surface area contributed by atoms with Crippen LogP contribution in [0.4, 0.5) is 13.2 Å². The van der Waals surface area contributed by atoms with Gasteiger partial charge >= 0.3 is 6.18 Å². The predicted molar refractivity (Wildman–Crippen MR) is 111 cm³/mol. The first-order valence-corrected chi connectivity index (χ1v) is 10.6. The van der Waals surface area contributed by atoms with E-state index in [0.29, 0.717) is 24.5 Å². The third kappa shape index (κ3) is 7.86. The predicted octanol–water partition coefficient (Wildman–Crippen LogP) is 2.03. The van der Waals surface area contributed by atoms with Crippen LogP contribution >= 0.6 is 0 Å². The summed E-state index contributed by atoms with van der Waals surface area (Å²) >= 11 is 0. The molecule has 2 saturated heterocycles. The van der Waals surface area contributed by atoms with Gasteiger partial charge in [0.1, 0.15) is 5.75 Å². The fourth-order valence-corrected chi connectivity index (χ4v) is 3.84. The van der Waals surface area contributed by atoms with Gasteiger partial charge in [-0.2, -0.15) is 13.2 Å². The van der Waals surface area contributed by atoms with E-state index in [0.717, 1.165) is 58.0 Å². The first-order valence-electron chi connectivity index (χ1n) is 10.6. The number of aliphatic imine (C=N–C) groups is 1. The Morgan fingerprint density at radius 3 is 2.52 bits per heavy atom. The van der Waals surface area contributed by atoms with E-state index in [-0.39, 0.29) is 5.75 Å². The van der Waals surface area contributed by atoms with E-state index < -0.39 is 12.8 Å². The molecular formula is C21H31F3N4O3. The summed E-state index contributed by atoms with van der Waals surface area (Å²) in [7, 11) is 1.71. The first-order chi connectivity index (χ1) is 14.9. The third-order valence-electron chi connectivity index (χ3n) is 5.51. The molecule has 0 amide bonds. The van der Waals surface area contributed by atoms with E-state index in [4.69, 9.17) is 14.2 Å². The molecular weight excluding hydrogens is 413 g/mol. The summed E-state index contributed by atoms with van der Waals surface area (Å²) in [5.74, 6) is 1.35. The molecule has 174 valence electrons. The second-order valence-electron chi connectivity index (χ2n) is 7.69. The number of morpholine rings is 1. The molecule has 2 heterocycles. The summed E-state index contributed by atoms with van der Waals surface area (Å²) in [5, 5.41) is 6.67. The van der Waals surface area contributed by atoms with Gasteiger partial charge in [0.2, 0.25) is 0 Å². The van der Waals surface area contributed by atoms with E-state index in [1.165, 1.54) is 12.1 Å². The van der Waals surface area contributed by atoms with Gasteiger partial charge in [-0.3, -0.25) is 9.89 Å². The van der Waals surface area contributed by atoms with Crippen molar-refractivity contribution >= 4 is 5.96 Å². The summed E-state index contributed by atoms with van der Waals surface area (Å²) < 4.78 is 52.6. The van der Waals surface area contributed by atoms with Crippen LogP contribution in [-0.4, -0.2) is 82.8 Å². The molecule has 10 heteroatoms. The molecule has 0 bridgehead atoms. The first kappa shape index (κ1) is 23.6. The van der Waals surface area contributed by atoms with Crippen molar-refractivity contribution in [3.05, 3.63) is 29.8 Å². The summed E-state index contributed by atoms with van der Waals surface area (Å²) in [6.07, 6.45) is -3.29. The van der Waals surface area contributed by atoms with Crippen LogP contribution in [0.3, 0.4) is 0 Å². The molecule has 1 aromatic carbocycles. The summed E-state index contributed by atoms with van der Waals surface area (Å²) in [6.45, 7) is 4.86. The number of halogens is 3. The Labute approximate surface area is 180 Å². The maximum absolute atomic E-state index is 12.2. The van der Waals surface area contributed by atoms with Crippen molar-refractivity contribution in [3.63, 3.8) is 0 Å². The number of alkyl halides is 3. The highest BCUT2D eigenvalue weighted by Gasteiger charge is 2.31. The van der Waals surface area contributed by atoms with Crippen LogP contribution in [0.1, 0.15) is 12.0 Å². The van der Waals surface area contributed by atoms with Crippen molar-refractivity contribution in [1.82, 2.24) is 15.5 Å². The van der Waals surface area contributed by atoms with E-state index in [1.807, 2.05) is 0 Å². The van der Waals surface area contributed by atoms with Gasteiger partial charge in [0.25, 0.3) is 0 Å². The monoisotopic (exact) mass is 444 g/mol. The maximum Gasteiger partial charge on any atom is 0.422 e. The van der Waals surface area contributed by atoms with Crippen molar-refractivity contribution in [1.29, 1.82) is 0 Å². The number of nitrogens with one attached hydrogen (secondary N) is 2. The van der Waals surface area contributed by atoms with E-state index in [9.17, 15) is 13.2 Å². The Morgan fingerprint density at radius 2 is 1.90 bits per heavy atom. The summed E-state index contributed by atoms with van der Waals surface area (Å²) in [5.41, 5.74) is 0.913. The van der Waals surface area contributed by atoms with Crippen molar-refractivity contribution < 1.29 is 27.4 Å². The number of guanidine groups is 1. The van der Waals surface area contributed by atoms with Crippen LogP contribution in [0.5, 0.6) is 5.75 Å². The van der Waals surface area contributed by atoms with Gasteiger partial charge in [-0.25, -0.2) is 0 Å². The minimum Gasteiger partial charge on any atom is -0.484 e. The van der Waals surface area contributed by atoms with Gasteiger partial charge in [0.15, 0.2) is 12.6 Å². The van der Waals surface area contributed by atoms with Crippen molar-refractivity contribution in [2.75, 3.05) is 59.7 Å². The van der Waals surface area contributed by atoms with Crippen LogP contribution in [0, 0.1) is 5.92 Å².